The van der Waals surface area contributed by atoms with Crippen LogP contribution in [-0.2, 0) is 11.8 Å². The van der Waals surface area contributed by atoms with Crippen molar-refractivity contribution in [3.05, 3.63) is 69.7 Å². The molecule has 0 fully saturated rings. The molecule has 11 heteroatoms. The van der Waals surface area contributed by atoms with Crippen LogP contribution >= 0.6 is 35.0 Å². The van der Waals surface area contributed by atoms with Crippen LogP contribution in [-0.4, -0.2) is 32.3 Å². The van der Waals surface area contributed by atoms with Gasteiger partial charge in [0.05, 0.1) is 17.4 Å². The molecule has 0 saturated heterocycles. The van der Waals surface area contributed by atoms with Crippen molar-refractivity contribution in [2.24, 2.45) is 7.05 Å². The number of nitrogens with one attached hydrogen (secondary N) is 2. The molecule has 1 atom stereocenters. The van der Waals surface area contributed by atoms with E-state index in [1.54, 1.807) is 42.8 Å². The molecule has 1 heterocycles. The third-order valence-corrected chi connectivity index (χ3v) is 5.66. The highest BCUT2D eigenvalue weighted by atomic mass is 35.5. The molecule has 0 aliphatic rings. The Morgan fingerprint density at radius 2 is 1.84 bits per heavy atom. The first kappa shape index (κ1) is 23.1. The lowest BCUT2D eigenvalue weighted by Gasteiger charge is -2.14. The SMILES string of the molecule is CC(NC(=O)c1ccccc1F)c1nnc(SCC(=O)Nc2cc(Cl)cc(Cl)c2)n1C. The first-order valence-electron chi connectivity index (χ1n) is 9.08. The zero-order valence-electron chi connectivity index (χ0n) is 16.5. The largest absolute Gasteiger partial charge is 0.342 e. The van der Waals surface area contributed by atoms with Gasteiger partial charge in [-0.3, -0.25) is 9.59 Å². The molecule has 7 nitrogen and oxygen atoms in total. The average molecular weight is 482 g/mol. The van der Waals surface area contributed by atoms with Gasteiger partial charge in [0.2, 0.25) is 5.91 Å². The summed E-state index contributed by atoms with van der Waals surface area (Å²) in [5.74, 6) is -0.884. The van der Waals surface area contributed by atoms with Gasteiger partial charge in [0.15, 0.2) is 11.0 Å². The number of aromatic nitrogens is 3. The Morgan fingerprint density at radius 1 is 1.16 bits per heavy atom. The molecule has 1 aromatic heterocycles. The van der Waals surface area contributed by atoms with Crippen molar-refractivity contribution in [3.8, 4) is 0 Å². The van der Waals surface area contributed by atoms with E-state index >= 15 is 0 Å². The monoisotopic (exact) mass is 481 g/mol. The minimum Gasteiger partial charge on any atom is -0.342 e. The van der Waals surface area contributed by atoms with Crippen molar-refractivity contribution < 1.29 is 14.0 Å². The maximum absolute atomic E-state index is 13.8. The first-order chi connectivity index (χ1) is 14.7. The van der Waals surface area contributed by atoms with Gasteiger partial charge in [-0.2, -0.15) is 0 Å². The summed E-state index contributed by atoms with van der Waals surface area (Å²) in [5.41, 5.74) is 0.440. The number of anilines is 1. The van der Waals surface area contributed by atoms with Crippen molar-refractivity contribution in [2.75, 3.05) is 11.1 Å². The molecule has 0 spiro atoms. The van der Waals surface area contributed by atoms with Crippen LogP contribution in [0.25, 0.3) is 0 Å². The molecule has 3 rings (SSSR count). The third kappa shape index (κ3) is 5.96. The smallest absolute Gasteiger partial charge is 0.254 e. The molecule has 2 amide bonds. The highest BCUT2D eigenvalue weighted by molar-refractivity contribution is 7.99. The van der Waals surface area contributed by atoms with Crippen molar-refractivity contribution in [2.45, 2.75) is 18.1 Å². The van der Waals surface area contributed by atoms with E-state index in [-0.39, 0.29) is 17.2 Å². The van der Waals surface area contributed by atoms with Crippen LogP contribution in [0.4, 0.5) is 10.1 Å². The van der Waals surface area contributed by atoms with E-state index in [0.717, 1.165) is 0 Å². The average Bonchev–Trinajstić information content (AvgIpc) is 3.06. The second kappa shape index (κ2) is 10.1. The van der Waals surface area contributed by atoms with Crippen LogP contribution in [0.2, 0.25) is 10.0 Å². The number of halogens is 3. The van der Waals surface area contributed by atoms with Gasteiger partial charge >= 0.3 is 0 Å². The Labute approximate surface area is 192 Å². The van der Waals surface area contributed by atoms with Gasteiger partial charge in [-0.25, -0.2) is 4.39 Å². The van der Waals surface area contributed by atoms with Gasteiger partial charge in [0.25, 0.3) is 5.91 Å². The Bertz CT molecular complexity index is 1100. The topological polar surface area (TPSA) is 88.9 Å². The lowest BCUT2D eigenvalue weighted by molar-refractivity contribution is -0.113. The fourth-order valence-electron chi connectivity index (χ4n) is 2.77. The Morgan fingerprint density at radius 3 is 2.52 bits per heavy atom. The van der Waals surface area contributed by atoms with E-state index < -0.39 is 17.8 Å². The minimum absolute atomic E-state index is 0.0519. The van der Waals surface area contributed by atoms with Gasteiger partial charge in [-0.15, -0.1) is 10.2 Å². The highest BCUT2D eigenvalue weighted by Gasteiger charge is 2.20. The fraction of sp³-hybridized carbons (Fsp3) is 0.200. The summed E-state index contributed by atoms with van der Waals surface area (Å²) in [6.07, 6.45) is 0. The molecule has 3 aromatic rings. The number of thioether (sulfide) groups is 1. The fourth-order valence-corrected chi connectivity index (χ4v) is 4.01. The van der Waals surface area contributed by atoms with Gasteiger partial charge in [-0.05, 0) is 37.3 Å². The summed E-state index contributed by atoms with van der Waals surface area (Å²) in [5, 5.41) is 14.9. The van der Waals surface area contributed by atoms with E-state index in [9.17, 15) is 14.0 Å². The molecule has 0 saturated carbocycles. The summed E-state index contributed by atoms with van der Waals surface area (Å²) in [6.45, 7) is 1.72. The number of carbonyl (C=O) groups is 2. The first-order valence-corrected chi connectivity index (χ1v) is 10.8. The molecule has 162 valence electrons. The number of hydrogen-bond acceptors (Lipinski definition) is 5. The molecule has 0 aliphatic heterocycles. The number of nitrogens with zero attached hydrogens (tertiary/aromatic N) is 3. The van der Waals surface area contributed by atoms with Gasteiger partial charge in [0, 0.05) is 22.8 Å². The van der Waals surface area contributed by atoms with E-state index in [2.05, 4.69) is 20.8 Å². The van der Waals surface area contributed by atoms with Gasteiger partial charge in [0.1, 0.15) is 5.82 Å². The van der Waals surface area contributed by atoms with Crippen LogP contribution in [0.1, 0.15) is 29.1 Å². The summed E-state index contributed by atoms with van der Waals surface area (Å²) < 4.78 is 15.5. The number of amides is 2. The van der Waals surface area contributed by atoms with Crippen molar-refractivity contribution in [3.63, 3.8) is 0 Å². The predicted octanol–water partition coefficient (Wildman–Crippen LogP) is 4.48. The number of hydrogen-bond donors (Lipinski definition) is 2. The van der Waals surface area contributed by atoms with Crippen LogP contribution < -0.4 is 10.6 Å². The van der Waals surface area contributed by atoms with E-state index in [1.807, 2.05) is 0 Å². The maximum Gasteiger partial charge on any atom is 0.254 e. The molecule has 1 unspecified atom stereocenters. The van der Waals surface area contributed by atoms with Crippen molar-refractivity contribution >= 4 is 52.5 Å². The quantitative estimate of drug-likeness (QED) is 0.485. The molecule has 31 heavy (non-hydrogen) atoms. The van der Waals surface area contributed by atoms with E-state index in [0.29, 0.717) is 26.7 Å². The molecular weight excluding hydrogens is 464 g/mol. The summed E-state index contributed by atoms with van der Waals surface area (Å²) in [7, 11) is 1.72. The summed E-state index contributed by atoms with van der Waals surface area (Å²) in [6, 6.07) is 9.95. The van der Waals surface area contributed by atoms with Crippen molar-refractivity contribution in [1.82, 2.24) is 20.1 Å². The zero-order valence-corrected chi connectivity index (χ0v) is 18.9. The molecule has 2 aromatic carbocycles. The normalized spacial score (nSPS) is 11.8. The van der Waals surface area contributed by atoms with Gasteiger partial charge < -0.3 is 15.2 Å². The van der Waals surface area contributed by atoms with Crippen LogP contribution in [0.15, 0.2) is 47.6 Å². The second-order valence-corrected chi connectivity index (χ2v) is 8.39. The molecule has 0 aliphatic carbocycles. The molecular formula is C20H18Cl2FN5O2S. The summed E-state index contributed by atoms with van der Waals surface area (Å²) >= 11 is 13.0. The Balaban J connectivity index is 1.59. The number of benzene rings is 2. The van der Waals surface area contributed by atoms with Crippen LogP contribution in [0, 0.1) is 5.82 Å². The van der Waals surface area contributed by atoms with Crippen LogP contribution in [0.3, 0.4) is 0 Å². The van der Waals surface area contributed by atoms with Gasteiger partial charge in [-0.1, -0.05) is 47.1 Å². The standard InChI is InChI=1S/C20H18Cl2FN5O2S/c1-11(24-19(30)15-5-3-4-6-16(15)23)18-26-27-20(28(18)2)31-10-17(29)25-14-8-12(21)7-13(22)9-14/h3-9,11H,10H2,1-2H3,(H,24,30)(H,25,29). The molecule has 0 radical (unpaired) electrons. The minimum atomic E-state index is -0.603. The lowest BCUT2D eigenvalue weighted by atomic mass is 10.2. The van der Waals surface area contributed by atoms with Crippen molar-refractivity contribution in [1.29, 1.82) is 0 Å². The Kier molecular flexibility index (Phi) is 7.53. The van der Waals surface area contributed by atoms with E-state index in [1.165, 1.54) is 30.0 Å². The zero-order chi connectivity index (χ0) is 22.5. The van der Waals surface area contributed by atoms with Crippen LogP contribution in [0.5, 0.6) is 0 Å². The van der Waals surface area contributed by atoms with E-state index in [4.69, 9.17) is 23.2 Å². The number of carbonyl (C=O) groups excluding carboxylic acids is 2. The molecule has 2 N–H and O–H groups in total. The Hall–Kier alpha value is -2.62. The number of rotatable bonds is 7. The summed E-state index contributed by atoms with van der Waals surface area (Å²) in [4.78, 5) is 24.5. The lowest BCUT2D eigenvalue weighted by Crippen LogP contribution is -2.29. The highest BCUT2D eigenvalue weighted by Crippen LogP contribution is 2.24. The molecule has 0 bridgehead atoms. The predicted molar refractivity (Wildman–Crippen MR) is 119 cm³/mol. The second-order valence-electron chi connectivity index (χ2n) is 6.57. The maximum atomic E-state index is 13.8. The third-order valence-electron chi connectivity index (χ3n) is 4.20.